The van der Waals surface area contributed by atoms with Gasteiger partial charge in [0, 0.05) is 17.7 Å². The van der Waals surface area contributed by atoms with E-state index in [4.69, 9.17) is 10.3 Å². The van der Waals surface area contributed by atoms with Crippen LogP contribution in [0.3, 0.4) is 0 Å². The molecule has 1 aromatic carbocycles. The topological polar surface area (TPSA) is 108 Å². The SMILES string of the molecule is Cc1ccc([N+](=O)[O-])cc1-c1noc(C(N)C2CC2)n1. The zero-order valence-corrected chi connectivity index (χ0v) is 10.9. The van der Waals surface area contributed by atoms with Crippen LogP contribution in [0.25, 0.3) is 11.4 Å². The molecule has 1 aliphatic carbocycles. The largest absolute Gasteiger partial charge is 0.337 e. The minimum Gasteiger partial charge on any atom is -0.337 e. The molecular formula is C13H14N4O3. The second-order valence-corrected chi connectivity index (χ2v) is 5.08. The lowest BCUT2D eigenvalue weighted by Crippen LogP contribution is -2.12. The molecule has 0 spiro atoms. The summed E-state index contributed by atoms with van der Waals surface area (Å²) in [6.07, 6.45) is 2.16. The summed E-state index contributed by atoms with van der Waals surface area (Å²) in [4.78, 5) is 14.7. The fraction of sp³-hybridized carbons (Fsp3) is 0.385. The van der Waals surface area contributed by atoms with Crippen molar-refractivity contribution in [1.29, 1.82) is 0 Å². The fourth-order valence-corrected chi connectivity index (χ4v) is 2.10. The van der Waals surface area contributed by atoms with Gasteiger partial charge in [-0.1, -0.05) is 11.2 Å². The summed E-state index contributed by atoms with van der Waals surface area (Å²) >= 11 is 0. The molecule has 1 fully saturated rings. The minimum absolute atomic E-state index is 0.00319. The number of benzene rings is 1. The van der Waals surface area contributed by atoms with E-state index in [0.717, 1.165) is 18.4 Å². The molecule has 0 amide bonds. The number of hydrogen-bond donors (Lipinski definition) is 1. The van der Waals surface area contributed by atoms with Gasteiger partial charge in [0.15, 0.2) is 0 Å². The van der Waals surface area contributed by atoms with Crippen molar-refractivity contribution in [3.05, 3.63) is 39.8 Å². The Balaban J connectivity index is 1.96. The Labute approximate surface area is 114 Å². The van der Waals surface area contributed by atoms with Crippen LogP contribution in [0.15, 0.2) is 22.7 Å². The maximum atomic E-state index is 10.8. The first-order valence-corrected chi connectivity index (χ1v) is 6.41. The number of nitrogens with two attached hydrogens (primary N) is 1. The van der Waals surface area contributed by atoms with Crippen molar-refractivity contribution in [3.63, 3.8) is 0 Å². The third kappa shape index (κ3) is 2.27. The molecule has 7 heteroatoms. The molecule has 3 rings (SSSR count). The van der Waals surface area contributed by atoms with Crippen molar-refractivity contribution in [2.24, 2.45) is 11.7 Å². The van der Waals surface area contributed by atoms with Crippen LogP contribution in [0.4, 0.5) is 5.69 Å². The van der Waals surface area contributed by atoms with Crippen molar-refractivity contribution >= 4 is 5.69 Å². The molecule has 0 bridgehead atoms. The van der Waals surface area contributed by atoms with Crippen molar-refractivity contribution in [2.75, 3.05) is 0 Å². The fourth-order valence-electron chi connectivity index (χ4n) is 2.10. The van der Waals surface area contributed by atoms with Crippen molar-refractivity contribution in [3.8, 4) is 11.4 Å². The van der Waals surface area contributed by atoms with Crippen LogP contribution in [0.5, 0.6) is 0 Å². The summed E-state index contributed by atoms with van der Waals surface area (Å²) in [5.74, 6) is 1.15. The number of rotatable bonds is 4. The molecule has 1 heterocycles. The van der Waals surface area contributed by atoms with Crippen molar-refractivity contribution in [1.82, 2.24) is 10.1 Å². The first-order valence-electron chi connectivity index (χ1n) is 6.41. The van der Waals surface area contributed by atoms with Crippen LogP contribution < -0.4 is 5.73 Å². The quantitative estimate of drug-likeness (QED) is 0.677. The standard InChI is InChI=1S/C13H14N4O3/c1-7-2-5-9(17(18)19)6-10(7)12-15-13(20-16-12)11(14)8-3-4-8/h2,5-6,8,11H,3-4,14H2,1H3. The third-order valence-electron chi connectivity index (χ3n) is 3.53. The van der Waals surface area contributed by atoms with Gasteiger partial charge in [0.1, 0.15) is 0 Å². The average Bonchev–Trinajstić information content (AvgIpc) is 3.16. The molecule has 0 saturated heterocycles. The zero-order chi connectivity index (χ0) is 14.3. The average molecular weight is 274 g/mol. The smallest absolute Gasteiger partial charge is 0.270 e. The first-order chi connectivity index (χ1) is 9.56. The lowest BCUT2D eigenvalue weighted by molar-refractivity contribution is -0.384. The number of hydrogen-bond acceptors (Lipinski definition) is 6. The highest BCUT2D eigenvalue weighted by Gasteiger charge is 2.33. The molecule has 1 aliphatic rings. The lowest BCUT2D eigenvalue weighted by atomic mass is 10.1. The highest BCUT2D eigenvalue weighted by Crippen LogP contribution is 2.39. The summed E-state index contributed by atoms with van der Waals surface area (Å²) in [5.41, 5.74) is 7.45. The number of nitro groups is 1. The van der Waals surface area contributed by atoms with Gasteiger partial charge in [0.05, 0.1) is 11.0 Å². The maximum Gasteiger partial charge on any atom is 0.270 e. The van der Waals surface area contributed by atoms with Gasteiger partial charge in [0.25, 0.3) is 5.69 Å². The second-order valence-electron chi connectivity index (χ2n) is 5.08. The van der Waals surface area contributed by atoms with E-state index in [-0.39, 0.29) is 11.7 Å². The molecular weight excluding hydrogens is 260 g/mol. The predicted molar refractivity (Wildman–Crippen MR) is 70.8 cm³/mol. The monoisotopic (exact) mass is 274 g/mol. The Kier molecular flexibility index (Phi) is 2.98. The zero-order valence-electron chi connectivity index (χ0n) is 10.9. The highest BCUT2D eigenvalue weighted by atomic mass is 16.6. The Morgan fingerprint density at radius 2 is 2.25 bits per heavy atom. The van der Waals surface area contributed by atoms with Crippen molar-refractivity contribution < 1.29 is 9.45 Å². The number of nitrogens with zero attached hydrogens (tertiary/aromatic N) is 3. The highest BCUT2D eigenvalue weighted by molar-refractivity contribution is 5.63. The van der Waals surface area contributed by atoms with E-state index in [9.17, 15) is 10.1 Å². The second kappa shape index (κ2) is 4.68. The predicted octanol–water partition coefficient (Wildman–Crippen LogP) is 2.36. The molecule has 2 N–H and O–H groups in total. The Bertz CT molecular complexity index is 663. The van der Waals surface area contributed by atoms with E-state index >= 15 is 0 Å². The van der Waals surface area contributed by atoms with Gasteiger partial charge in [0.2, 0.25) is 11.7 Å². The molecule has 2 aromatic rings. The van der Waals surface area contributed by atoms with Gasteiger partial charge in [-0.3, -0.25) is 10.1 Å². The Morgan fingerprint density at radius 1 is 1.50 bits per heavy atom. The summed E-state index contributed by atoms with van der Waals surface area (Å²) in [6, 6.07) is 4.34. The summed E-state index contributed by atoms with van der Waals surface area (Å²) in [7, 11) is 0. The van der Waals surface area contributed by atoms with Crippen LogP contribution in [0.2, 0.25) is 0 Å². The molecule has 1 aromatic heterocycles. The van der Waals surface area contributed by atoms with E-state index in [1.807, 2.05) is 6.92 Å². The van der Waals surface area contributed by atoms with Crippen molar-refractivity contribution in [2.45, 2.75) is 25.8 Å². The molecule has 0 radical (unpaired) electrons. The van der Waals surface area contributed by atoms with Crippen LogP contribution in [-0.2, 0) is 0 Å². The summed E-state index contributed by atoms with van der Waals surface area (Å²) < 4.78 is 5.18. The third-order valence-corrected chi connectivity index (χ3v) is 3.53. The van der Waals surface area contributed by atoms with Crippen LogP contribution in [0, 0.1) is 23.0 Å². The minimum atomic E-state index is -0.445. The Hall–Kier alpha value is -2.28. The molecule has 1 atom stereocenters. The van der Waals surface area contributed by atoms with E-state index in [0.29, 0.717) is 23.2 Å². The van der Waals surface area contributed by atoms with Gasteiger partial charge in [-0.15, -0.1) is 0 Å². The molecule has 0 aliphatic heterocycles. The summed E-state index contributed by atoms with van der Waals surface area (Å²) in [6.45, 7) is 1.84. The summed E-state index contributed by atoms with van der Waals surface area (Å²) in [5, 5.41) is 14.7. The molecule has 104 valence electrons. The number of aryl methyl sites for hydroxylation is 1. The van der Waals surface area contributed by atoms with Crippen LogP contribution >= 0.6 is 0 Å². The van der Waals surface area contributed by atoms with E-state index in [1.54, 1.807) is 6.07 Å². The van der Waals surface area contributed by atoms with Gasteiger partial charge < -0.3 is 10.3 Å². The lowest BCUT2D eigenvalue weighted by Gasteiger charge is -2.02. The van der Waals surface area contributed by atoms with Gasteiger partial charge in [-0.2, -0.15) is 4.98 Å². The van der Waals surface area contributed by atoms with E-state index in [1.165, 1.54) is 12.1 Å². The number of non-ortho nitro benzene ring substituents is 1. The van der Waals surface area contributed by atoms with Gasteiger partial charge in [-0.05, 0) is 31.2 Å². The van der Waals surface area contributed by atoms with Gasteiger partial charge >= 0.3 is 0 Å². The van der Waals surface area contributed by atoms with Crippen LogP contribution in [0.1, 0.15) is 30.3 Å². The Morgan fingerprint density at radius 3 is 2.90 bits per heavy atom. The maximum absolute atomic E-state index is 10.8. The number of nitro benzene ring substituents is 1. The van der Waals surface area contributed by atoms with E-state index in [2.05, 4.69) is 10.1 Å². The molecule has 7 nitrogen and oxygen atoms in total. The van der Waals surface area contributed by atoms with Crippen LogP contribution in [-0.4, -0.2) is 15.1 Å². The van der Waals surface area contributed by atoms with Gasteiger partial charge in [-0.25, -0.2) is 0 Å². The first kappa shape index (κ1) is 12.7. The molecule has 1 saturated carbocycles. The normalized spacial score (nSPS) is 16.1. The molecule has 20 heavy (non-hydrogen) atoms. The van der Waals surface area contributed by atoms with E-state index < -0.39 is 4.92 Å². The number of aromatic nitrogens is 2. The molecule has 1 unspecified atom stereocenters.